The van der Waals surface area contributed by atoms with Crippen molar-refractivity contribution in [1.29, 1.82) is 0 Å². The second kappa shape index (κ2) is 11.8. The van der Waals surface area contributed by atoms with E-state index < -0.39 is 0 Å². The van der Waals surface area contributed by atoms with E-state index in [9.17, 15) is 4.79 Å². The third kappa shape index (κ3) is 6.50. The number of nitrogens with zero attached hydrogens (tertiary/aromatic N) is 5. The Morgan fingerprint density at radius 1 is 0.947 bits per heavy atom. The number of amides is 1. The molecule has 9 nitrogen and oxygen atoms in total. The van der Waals surface area contributed by atoms with Crippen molar-refractivity contribution in [3.05, 3.63) is 95.9 Å². The summed E-state index contributed by atoms with van der Waals surface area (Å²) in [6.07, 6.45) is 5.18. The van der Waals surface area contributed by atoms with Crippen molar-refractivity contribution in [3.8, 4) is 11.3 Å². The van der Waals surface area contributed by atoms with Crippen molar-refractivity contribution in [3.63, 3.8) is 0 Å². The molecule has 1 fully saturated rings. The molecule has 2 aromatic carbocycles. The zero-order chi connectivity index (χ0) is 26.3. The standard InChI is InChI=1S/C29H32N8O/c1-21-5-10-25(18-27(21)34-35-29-31-13-11-26(33-29)24-4-3-12-30-19-24)32-28(38)23-8-6-22(7-9-23)20-37-16-14-36(2)15-17-37/h3-13,18-19,34H,14-17,20H2,1-2H3,(H,32,38)(H,31,33,35). The van der Waals surface area contributed by atoms with Gasteiger partial charge in [0, 0.05) is 68.1 Å². The Balaban J connectivity index is 1.19. The molecule has 1 aliphatic heterocycles. The zero-order valence-corrected chi connectivity index (χ0v) is 21.7. The minimum atomic E-state index is -0.147. The Kier molecular flexibility index (Phi) is 7.86. The monoisotopic (exact) mass is 508 g/mol. The van der Waals surface area contributed by atoms with Crippen LogP contribution in [0.1, 0.15) is 21.5 Å². The van der Waals surface area contributed by atoms with E-state index in [1.807, 2.05) is 67.6 Å². The van der Waals surface area contributed by atoms with Gasteiger partial charge in [-0.25, -0.2) is 9.97 Å². The Morgan fingerprint density at radius 2 is 1.76 bits per heavy atom. The van der Waals surface area contributed by atoms with Gasteiger partial charge in [0.2, 0.25) is 5.95 Å². The number of nitrogens with one attached hydrogen (secondary N) is 3. The number of benzene rings is 2. The van der Waals surface area contributed by atoms with Gasteiger partial charge in [-0.15, -0.1) is 0 Å². The minimum absolute atomic E-state index is 0.147. The van der Waals surface area contributed by atoms with Gasteiger partial charge in [-0.05, 0) is 67.6 Å². The SMILES string of the molecule is Cc1ccc(NC(=O)c2ccc(CN3CCN(C)CC3)cc2)cc1NNc1nccc(-c2cccnc2)n1. The predicted octanol–water partition coefficient (Wildman–Crippen LogP) is 4.29. The van der Waals surface area contributed by atoms with Crippen LogP contribution in [0.4, 0.5) is 17.3 Å². The topological polar surface area (TPSA) is 98.3 Å². The van der Waals surface area contributed by atoms with Gasteiger partial charge in [0.15, 0.2) is 0 Å². The highest BCUT2D eigenvalue weighted by Gasteiger charge is 2.14. The van der Waals surface area contributed by atoms with E-state index in [0.717, 1.165) is 55.2 Å². The van der Waals surface area contributed by atoms with Crippen LogP contribution in [-0.4, -0.2) is 63.9 Å². The molecule has 1 amide bonds. The van der Waals surface area contributed by atoms with Crippen LogP contribution in [0, 0.1) is 6.92 Å². The number of carbonyl (C=O) groups is 1. The summed E-state index contributed by atoms with van der Waals surface area (Å²) in [5.41, 5.74) is 12.2. The second-order valence-electron chi connectivity index (χ2n) is 9.52. The lowest BCUT2D eigenvalue weighted by Gasteiger charge is -2.32. The molecule has 0 bridgehead atoms. The maximum Gasteiger partial charge on any atom is 0.255 e. The number of hydrogen-bond acceptors (Lipinski definition) is 8. The number of pyridine rings is 1. The first-order chi connectivity index (χ1) is 18.5. The Hall–Kier alpha value is -4.34. The lowest BCUT2D eigenvalue weighted by Crippen LogP contribution is -2.43. The number of hydrogen-bond donors (Lipinski definition) is 3. The molecule has 0 spiro atoms. The lowest BCUT2D eigenvalue weighted by atomic mass is 10.1. The normalized spacial score (nSPS) is 14.2. The van der Waals surface area contributed by atoms with Crippen molar-refractivity contribution >= 4 is 23.2 Å². The Bertz CT molecular complexity index is 1370. The molecule has 2 aromatic heterocycles. The molecular weight excluding hydrogens is 476 g/mol. The second-order valence-corrected chi connectivity index (χ2v) is 9.52. The molecule has 9 heteroatoms. The molecular formula is C29H32N8O. The summed E-state index contributed by atoms with van der Waals surface area (Å²) in [6.45, 7) is 7.22. The molecule has 0 saturated carbocycles. The van der Waals surface area contributed by atoms with Gasteiger partial charge >= 0.3 is 0 Å². The van der Waals surface area contributed by atoms with Crippen LogP contribution in [0.15, 0.2) is 79.3 Å². The van der Waals surface area contributed by atoms with E-state index in [2.05, 4.69) is 48.0 Å². The van der Waals surface area contributed by atoms with Crippen LogP contribution in [0.2, 0.25) is 0 Å². The summed E-state index contributed by atoms with van der Waals surface area (Å²) in [6, 6.07) is 19.2. The van der Waals surface area contributed by atoms with Crippen LogP contribution in [-0.2, 0) is 6.54 Å². The summed E-state index contributed by atoms with van der Waals surface area (Å²) >= 11 is 0. The molecule has 1 saturated heterocycles. The van der Waals surface area contributed by atoms with Crippen molar-refractivity contribution in [2.45, 2.75) is 13.5 Å². The maximum atomic E-state index is 12.9. The Labute approximate surface area is 222 Å². The average molecular weight is 509 g/mol. The van der Waals surface area contributed by atoms with E-state index >= 15 is 0 Å². The summed E-state index contributed by atoms with van der Waals surface area (Å²) in [7, 11) is 2.16. The first-order valence-electron chi connectivity index (χ1n) is 12.7. The van der Waals surface area contributed by atoms with Gasteiger partial charge < -0.3 is 10.2 Å². The third-order valence-corrected chi connectivity index (χ3v) is 6.64. The van der Waals surface area contributed by atoms with Crippen LogP contribution >= 0.6 is 0 Å². The van der Waals surface area contributed by atoms with Crippen molar-refractivity contribution in [1.82, 2.24) is 24.8 Å². The number of anilines is 3. The maximum absolute atomic E-state index is 12.9. The molecule has 3 heterocycles. The predicted molar refractivity (Wildman–Crippen MR) is 151 cm³/mol. The molecule has 194 valence electrons. The molecule has 3 N–H and O–H groups in total. The summed E-state index contributed by atoms with van der Waals surface area (Å²) < 4.78 is 0. The summed E-state index contributed by atoms with van der Waals surface area (Å²) in [5.74, 6) is 0.281. The van der Waals surface area contributed by atoms with E-state index in [1.165, 1.54) is 5.56 Å². The fourth-order valence-corrected chi connectivity index (χ4v) is 4.28. The first-order valence-corrected chi connectivity index (χ1v) is 12.7. The van der Waals surface area contributed by atoms with E-state index in [4.69, 9.17) is 0 Å². The fraction of sp³-hybridized carbons (Fsp3) is 0.241. The lowest BCUT2D eigenvalue weighted by molar-refractivity contribution is 0.102. The van der Waals surface area contributed by atoms with Gasteiger partial charge in [0.1, 0.15) is 0 Å². The smallest absolute Gasteiger partial charge is 0.255 e. The average Bonchev–Trinajstić information content (AvgIpc) is 2.95. The number of hydrazine groups is 1. The summed E-state index contributed by atoms with van der Waals surface area (Å²) in [5, 5.41) is 3.00. The van der Waals surface area contributed by atoms with Crippen LogP contribution in [0.5, 0.6) is 0 Å². The van der Waals surface area contributed by atoms with Crippen molar-refractivity contribution in [2.75, 3.05) is 49.4 Å². The number of aromatic nitrogens is 3. The van der Waals surface area contributed by atoms with Crippen LogP contribution < -0.4 is 16.2 Å². The largest absolute Gasteiger partial charge is 0.322 e. The molecule has 0 atom stereocenters. The number of carbonyl (C=O) groups excluding carboxylic acids is 1. The molecule has 0 unspecified atom stereocenters. The minimum Gasteiger partial charge on any atom is -0.322 e. The van der Waals surface area contributed by atoms with E-state index in [0.29, 0.717) is 17.2 Å². The van der Waals surface area contributed by atoms with E-state index in [-0.39, 0.29) is 5.91 Å². The van der Waals surface area contributed by atoms with Gasteiger partial charge in [0.25, 0.3) is 5.91 Å². The fourth-order valence-electron chi connectivity index (χ4n) is 4.28. The zero-order valence-electron chi connectivity index (χ0n) is 21.7. The van der Waals surface area contributed by atoms with Gasteiger partial charge in [-0.3, -0.25) is 25.5 Å². The number of piperazine rings is 1. The number of rotatable bonds is 8. The van der Waals surface area contributed by atoms with Crippen LogP contribution in [0.25, 0.3) is 11.3 Å². The Morgan fingerprint density at radius 3 is 2.53 bits per heavy atom. The molecule has 0 aliphatic carbocycles. The molecule has 5 rings (SSSR count). The highest BCUT2D eigenvalue weighted by Crippen LogP contribution is 2.22. The first kappa shape index (κ1) is 25.3. The molecule has 4 aromatic rings. The van der Waals surface area contributed by atoms with Crippen molar-refractivity contribution in [2.24, 2.45) is 0 Å². The number of likely N-dealkylation sites (N-methyl/N-ethyl adjacent to an activating group) is 1. The molecule has 38 heavy (non-hydrogen) atoms. The summed E-state index contributed by atoms with van der Waals surface area (Å²) in [4.78, 5) is 30.7. The quantitative estimate of drug-likeness (QED) is 0.303. The van der Waals surface area contributed by atoms with E-state index in [1.54, 1.807) is 18.6 Å². The van der Waals surface area contributed by atoms with Crippen LogP contribution in [0.3, 0.4) is 0 Å². The van der Waals surface area contributed by atoms with Gasteiger partial charge in [-0.1, -0.05) is 18.2 Å². The number of aryl methyl sites for hydroxylation is 1. The highest BCUT2D eigenvalue weighted by molar-refractivity contribution is 6.04. The highest BCUT2D eigenvalue weighted by atomic mass is 16.1. The van der Waals surface area contributed by atoms with Gasteiger partial charge in [0.05, 0.1) is 11.4 Å². The third-order valence-electron chi connectivity index (χ3n) is 6.64. The molecule has 1 aliphatic rings. The van der Waals surface area contributed by atoms with Crippen molar-refractivity contribution < 1.29 is 4.79 Å². The molecule has 0 radical (unpaired) electrons. The van der Waals surface area contributed by atoms with Gasteiger partial charge in [-0.2, -0.15) is 0 Å².